The van der Waals surface area contributed by atoms with E-state index in [-0.39, 0.29) is 0 Å². The molecule has 2 heteroatoms. The highest BCUT2D eigenvalue weighted by Crippen LogP contribution is 2.44. The topological polar surface area (TPSA) is 17.8 Å². The summed E-state index contributed by atoms with van der Waals surface area (Å²) < 4.78 is 2.36. The lowest BCUT2D eigenvalue weighted by Gasteiger charge is -2.20. The highest BCUT2D eigenvalue weighted by Gasteiger charge is 2.21. The van der Waals surface area contributed by atoms with Gasteiger partial charge >= 0.3 is 0 Å². The van der Waals surface area contributed by atoms with Crippen LogP contribution in [0.3, 0.4) is 0 Å². The van der Waals surface area contributed by atoms with E-state index in [2.05, 4.69) is 150 Å². The average molecular weight is 497 g/mol. The maximum Gasteiger partial charge on any atom is 0.145 e. The third kappa shape index (κ3) is 3.32. The van der Waals surface area contributed by atoms with E-state index in [4.69, 9.17) is 4.98 Å². The second-order valence-electron chi connectivity index (χ2n) is 9.97. The summed E-state index contributed by atoms with van der Waals surface area (Å²) in [5.41, 5.74) is 6.88. The fraction of sp³-hybridized carbons (Fsp3) is 0. The second-order valence-corrected chi connectivity index (χ2v) is 9.97. The van der Waals surface area contributed by atoms with Gasteiger partial charge in [0, 0.05) is 16.3 Å². The van der Waals surface area contributed by atoms with Gasteiger partial charge in [-0.15, -0.1) is 0 Å². The lowest BCUT2D eigenvalue weighted by atomic mass is 9.88. The molecule has 0 spiro atoms. The Bertz CT molecular complexity index is 2110. The van der Waals surface area contributed by atoms with E-state index in [1.165, 1.54) is 43.4 Å². The summed E-state index contributed by atoms with van der Waals surface area (Å²) in [7, 11) is 0. The molecule has 1 heterocycles. The van der Waals surface area contributed by atoms with Gasteiger partial charge < -0.3 is 0 Å². The van der Waals surface area contributed by atoms with Crippen molar-refractivity contribution in [3.63, 3.8) is 0 Å². The number of hydrogen-bond acceptors (Lipinski definition) is 1. The molecule has 0 unspecified atom stereocenters. The molecular formula is C37H24N2. The van der Waals surface area contributed by atoms with E-state index in [9.17, 15) is 0 Å². The van der Waals surface area contributed by atoms with Crippen LogP contribution in [0.1, 0.15) is 0 Å². The van der Waals surface area contributed by atoms with Crippen molar-refractivity contribution in [3.05, 3.63) is 146 Å². The first-order chi connectivity index (χ1) is 19.4. The molecule has 0 amide bonds. The number of aromatic nitrogens is 2. The fourth-order valence-corrected chi connectivity index (χ4v) is 6.11. The van der Waals surface area contributed by atoms with Gasteiger partial charge in [-0.1, -0.05) is 133 Å². The molecule has 7 aromatic carbocycles. The Labute approximate surface area is 226 Å². The Morgan fingerprint density at radius 3 is 1.74 bits per heavy atom. The van der Waals surface area contributed by atoms with Crippen LogP contribution in [0.15, 0.2) is 146 Å². The number of benzene rings is 7. The molecule has 0 aliphatic carbocycles. The minimum atomic E-state index is 0.949. The standard InChI is InChI=1S/C37H24N2/c1-2-14-26(15-3-1)37-38-33-23-10-11-24-34(33)39(37)36-31-20-8-6-18-29(31)35(30-19-7-9-21-32(30)36)28-22-12-16-25-13-4-5-17-27(25)28/h1-24H. The van der Waals surface area contributed by atoms with Gasteiger partial charge in [-0.3, -0.25) is 4.57 Å². The normalized spacial score (nSPS) is 11.6. The summed E-state index contributed by atoms with van der Waals surface area (Å²) in [6.07, 6.45) is 0. The molecule has 0 N–H and O–H groups in total. The highest BCUT2D eigenvalue weighted by molar-refractivity contribution is 6.21. The number of imidazole rings is 1. The maximum atomic E-state index is 5.16. The molecule has 0 bridgehead atoms. The average Bonchev–Trinajstić information content (AvgIpc) is 3.39. The largest absolute Gasteiger partial charge is 0.291 e. The summed E-state index contributed by atoms with van der Waals surface area (Å²) in [5, 5.41) is 7.40. The summed E-state index contributed by atoms with van der Waals surface area (Å²) in [5.74, 6) is 0.949. The molecule has 0 fully saturated rings. The van der Waals surface area contributed by atoms with Crippen LogP contribution in [0.4, 0.5) is 0 Å². The first kappa shape index (κ1) is 21.8. The van der Waals surface area contributed by atoms with Crippen LogP contribution in [0.5, 0.6) is 0 Å². The molecule has 2 nitrogen and oxygen atoms in total. The molecule has 8 aromatic rings. The monoisotopic (exact) mass is 496 g/mol. The molecule has 0 radical (unpaired) electrons. The molecule has 0 saturated heterocycles. The minimum Gasteiger partial charge on any atom is -0.291 e. The van der Waals surface area contributed by atoms with Crippen molar-refractivity contribution in [3.8, 4) is 28.2 Å². The first-order valence-corrected chi connectivity index (χ1v) is 13.3. The molecular weight excluding hydrogens is 472 g/mol. The van der Waals surface area contributed by atoms with Gasteiger partial charge in [0.25, 0.3) is 0 Å². The molecule has 182 valence electrons. The van der Waals surface area contributed by atoms with Crippen molar-refractivity contribution in [1.29, 1.82) is 0 Å². The van der Waals surface area contributed by atoms with Gasteiger partial charge in [-0.25, -0.2) is 4.98 Å². The number of para-hydroxylation sites is 2. The predicted molar refractivity (Wildman–Crippen MR) is 164 cm³/mol. The predicted octanol–water partition coefficient (Wildman–Crippen LogP) is 9.82. The Kier molecular flexibility index (Phi) is 4.86. The van der Waals surface area contributed by atoms with Crippen LogP contribution in [0.2, 0.25) is 0 Å². The number of hydrogen-bond donors (Lipinski definition) is 0. The summed E-state index contributed by atoms with van der Waals surface area (Å²) >= 11 is 0. The van der Waals surface area contributed by atoms with E-state index in [1.54, 1.807) is 0 Å². The van der Waals surface area contributed by atoms with Crippen molar-refractivity contribution in [2.45, 2.75) is 0 Å². The first-order valence-electron chi connectivity index (χ1n) is 13.3. The molecule has 0 aliphatic rings. The Morgan fingerprint density at radius 2 is 1.00 bits per heavy atom. The molecule has 0 atom stereocenters. The van der Waals surface area contributed by atoms with Crippen LogP contribution in [0.25, 0.3) is 71.6 Å². The highest BCUT2D eigenvalue weighted by atomic mass is 15.1. The zero-order chi connectivity index (χ0) is 25.8. The third-order valence-corrected chi connectivity index (χ3v) is 7.78. The van der Waals surface area contributed by atoms with Crippen LogP contribution < -0.4 is 0 Å². The zero-order valence-corrected chi connectivity index (χ0v) is 21.3. The van der Waals surface area contributed by atoms with Gasteiger partial charge in [0.1, 0.15) is 5.82 Å². The molecule has 8 rings (SSSR count). The van der Waals surface area contributed by atoms with Crippen LogP contribution in [-0.2, 0) is 0 Å². The van der Waals surface area contributed by atoms with E-state index in [0.717, 1.165) is 28.1 Å². The van der Waals surface area contributed by atoms with Gasteiger partial charge in [0.05, 0.1) is 16.7 Å². The maximum absolute atomic E-state index is 5.16. The van der Waals surface area contributed by atoms with Crippen molar-refractivity contribution in [1.82, 2.24) is 9.55 Å². The lowest BCUT2D eigenvalue weighted by Crippen LogP contribution is -2.01. The lowest BCUT2D eigenvalue weighted by molar-refractivity contribution is 1.13. The van der Waals surface area contributed by atoms with E-state index in [0.29, 0.717) is 0 Å². The summed E-state index contributed by atoms with van der Waals surface area (Å²) in [6.45, 7) is 0. The van der Waals surface area contributed by atoms with Crippen LogP contribution in [-0.4, -0.2) is 9.55 Å². The Morgan fingerprint density at radius 1 is 0.436 bits per heavy atom. The van der Waals surface area contributed by atoms with Gasteiger partial charge in [0.15, 0.2) is 0 Å². The third-order valence-electron chi connectivity index (χ3n) is 7.78. The van der Waals surface area contributed by atoms with Gasteiger partial charge in [-0.2, -0.15) is 0 Å². The molecule has 0 aliphatic heterocycles. The Hall–Kier alpha value is -5.21. The van der Waals surface area contributed by atoms with Crippen molar-refractivity contribution in [2.24, 2.45) is 0 Å². The fourth-order valence-electron chi connectivity index (χ4n) is 6.11. The molecule has 39 heavy (non-hydrogen) atoms. The number of nitrogens with zero attached hydrogens (tertiary/aromatic N) is 2. The van der Waals surface area contributed by atoms with Gasteiger partial charge in [-0.05, 0) is 44.8 Å². The van der Waals surface area contributed by atoms with Crippen molar-refractivity contribution in [2.75, 3.05) is 0 Å². The molecule has 0 saturated carbocycles. The minimum absolute atomic E-state index is 0.949. The van der Waals surface area contributed by atoms with Crippen molar-refractivity contribution >= 4 is 43.4 Å². The van der Waals surface area contributed by atoms with Crippen LogP contribution in [0, 0.1) is 0 Å². The molecule has 1 aromatic heterocycles. The van der Waals surface area contributed by atoms with Gasteiger partial charge in [0.2, 0.25) is 0 Å². The zero-order valence-electron chi connectivity index (χ0n) is 21.3. The van der Waals surface area contributed by atoms with Crippen molar-refractivity contribution < 1.29 is 0 Å². The number of fused-ring (bicyclic) bond motifs is 4. The number of rotatable bonds is 3. The van der Waals surface area contributed by atoms with Crippen LogP contribution >= 0.6 is 0 Å². The van der Waals surface area contributed by atoms with E-state index in [1.807, 2.05) is 0 Å². The Balaban J connectivity index is 1.58. The second kappa shape index (κ2) is 8.68. The summed E-state index contributed by atoms with van der Waals surface area (Å²) in [6, 6.07) is 51.9. The van der Waals surface area contributed by atoms with E-state index < -0.39 is 0 Å². The quantitative estimate of drug-likeness (QED) is 0.223. The SMILES string of the molecule is c1ccc(-c2nc3ccccc3n2-c2c3ccccc3c(-c3cccc4ccccc34)c3ccccc23)cc1. The summed E-state index contributed by atoms with van der Waals surface area (Å²) in [4.78, 5) is 5.16. The smallest absolute Gasteiger partial charge is 0.145 e. The van der Waals surface area contributed by atoms with E-state index >= 15 is 0 Å².